The Balaban J connectivity index is 1.68. The molecule has 3 nitrogen and oxygen atoms in total. The van der Waals surface area contributed by atoms with Crippen LogP contribution >= 0.6 is 0 Å². The molecule has 4 aromatic carbocycles. The predicted octanol–water partition coefficient (Wildman–Crippen LogP) is 6.57. The van der Waals surface area contributed by atoms with Crippen molar-refractivity contribution in [2.24, 2.45) is 0 Å². The number of hydrogen-bond donors (Lipinski definition) is 1. The van der Waals surface area contributed by atoms with Crippen LogP contribution in [0.2, 0.25) is 0 Å². The molecule has 0 bridgehead atoms. The molecule has 0 radical (unpaired) electrons. The number of nitrogens with zero attached hydrogens (tertiary/aromatic N) is 1. The minimum absolute atomic E-state index is 0.832. The smallest absolute Gasteiger partial charge is 0.138 e. The van der Waals surface area contributed by atoms with E-state index in [9.17, 15) is 0 Å². The molecule has 140 valence electrons. The summed E-state index contributed by atoms with van der Waals surface area (Å²) in [6.45, 7) is 0. The summed E-state index contributed by atoms with van der Waals surface area (Å²) < 4.78 is 5.28. The lowest BCUT2D eigenvalue weighted by atomic mass is 10.0. The van der Waals surface area contributed by atoms with Gasteiger partial charge >= 0.3 is 0 Å². The van der Waals surface area contributed by atoms with Gasteiger partial charge in [0.1, 0.15) is 11.6 Å². The molecule has 0 atom stereocenters. The van der Waals surface area contributed by atoms with Crippen molar-refractivity contribution in [3.8, 4) is 39.7 Å². The van der Waals surface area contributed by atoms with Gasteiger partial charge in [0, 0.05) is 16.7 Å². The molecular formula is C26H20N2O. The van der Waals surface area contributed by atoms with Gasteiger partial charge in [-0.05, 0) is 41.1 Å². The fourth-order valence-corrected chi connectivity index (χ4v) is 3.62. The molecule has 0 unspecified atom stereocenters. The van der Waals surface area contributed by atoms with Gasteiger partial charge in [0.2, 0.25) is 0 Å². The lowest BCUT2D eigenvalue weighted by molar-refractivity contribution is 0.415. The molecule has 0 amide bonds. The van der Waals surface area contributed by atoms with Gasteiger partial charge < -0.3 is 9.72 Å². The number of H-pyrrole nitrogens is 1. The summed E-state index contributed by atoms with van der Waals surface area (Å²) in [4.78, 5) is 8.54. The monoisotopic (exact) mass is 376 g/mol. The molecule has 1 heterocycles. The van der Waals surface area contributed by atoms with Gasteiger partial charge in [0.25, 0.3) is 0 Å². The van der Waals surface area contributed by atoms with E-state index in [1.807, 2.05) is 42.5 Å². The number of fused-ring (bicyclic) bond motifs is 1. The fourth-order valence-electron chi connectivity index (χ4n) is 3.62. The van der Waals surface area contributed by atoms with Gasteiger partial charge in [-0.2, -0.15) is 0 Å². The van der Waals surface area contributed by atoms with Crippen molar-refractivity contribution in [1.29, 1.82) is 0 Å². The number of aromatic nitrogens is 2. The standard InChI is InChI=1S/C26H20N2O/c1-29-23-15-13-20(14-16-23)26-27-24(19-8-3-2-4-9-19)25(28-26)22-12-11-18-7-5-6-10-21(18)17-22/h2-17H,1H3,(H,27,28). The minimum atomic E-state index is 0.832. The number of hydrogen-bond acceptors (Lipinski definition) is 2. The number of nitrogens with one attached hydrogen (secondary N) is 1. The molecule has 0 aliphatic rings. The summed E-state index contributed by atoms with van der Waals surface area (Å²) in [7, 11) is 1.67. The van der Waals surface area contributed by atoms with E-state index >= 15 is 0 Å². The number of imidazole rings is 1. The normalized spacial score (nSPS) is 10.9. The van der Waals surface area contributed by atoms with Gasteiger partial charge in [0.05, 0.1) is 18.5 Å². The molecule has 0 saturated carbocycles. The van der Waals surface area contributed by atoms with Crippen LogP contribution in [-0.4, -0.2) is 17.1 Å². The summed E-state index contributed by atoms with van der Waals surface area (Å²) in [6.07, 6.45) is 0. The van der Waals surface area contributed by atoms with E-state index in [1.54, 1.807) is 7.11 Å². The van der Waals surface area contributed by atoms with Crippen molar-refractivity contribution < 1.29 is 4.74 Å². The molecule has 3 heteroatoms. The molecule has 1 aromatic heterocycles. The van der Waals surface area contributed by atoms with Crippen molar-refractivity contribution in [1.82, 2.24) is 9.97 Å². The Hall–Kier alpha value is -3.85. The van der Waals surface area contributed by atoms with Crippen molar-refractivity contribution >= 4 is 10.8 Å². The molecule has 0 saturated heterocycles. The highest BCUT2D eigenvalue weighted by molar-refractivity contribution is 5.90. The second kappa shape index (κ2) is 7.28. The fraction of sp³-hybridized carbons (Fsp3) is 0.0385. The first-order valence-electron chi connectivity index (χ1n) is 9.61. The van der Waals surface area contributed by atoms with Crippen LogP contribution in [0.1, 0.15) is 0 Å². The summed E-state index contributed by atoms with van der Waals surface area (Å²) in [5.74, 6) is 1.67. The summed E-state index contributed by atoms with van der Waals surface area (Å²) in [5.41, 5.74) is 5.20. The van der Waals surface area contributed by atoms with Crippen LogP contribution in [0.3, 0.4) is 0 Å². The summed E-state index contributed by atoms with van der Waals surface area (Å²) >= 11 is 0. The lowest BCUT2D eigenvalue weighted by Gasteiger charge is -2.05. The molecular weight excluding hydrogens is 356 g/mol. The maximum atomic E-state index is 5.28. The zero-order chi connectivity index (χ0) is 19.6. The van der Waals surface area contributed by atoms with Crippen molar-refractivity contribution in [3.05, 3.63) is 97.1 Å². The second-order valence-corrected chi connectivity index (χ2v) is 6.97. The Morgan fingerprint density at radius 1 is 0.655 bits per heavy atom. The quantitative estimate of drug-likeness (QED) is 0.385. The van der Waals surface area contributed by atoms with Gasteiger partial charge in [-0.25, -0.2) is 4.98 Å². The van der Waals surface area contributed by atoms with Crippen LogP contribution in [0, 0.1) is 0 Å². The maximum Gasteiger partial charge on any atom is 0.138 e. The summed E-state index contributed by atoms with van der Waals surface area (Å²) in [5, 5.41) is 2.43. The van der Waals surface area contributed by atoms with Crippen molar-refractivity contribution in [2.75, 3.05) is 7.11 Å². The molecule has 0 aliphatic carbocycles. The molecule has 29 heavy (non-hydrogen) atoms. The third kappa shape index (κ3) is 3.27. The SMILES string of the molecule is COc1ccc(-c2nc(-c3ccc4ccccc4c3)c(-c3ccccc3)[nH]2)cc1. The number of aromatic amines is 1. The predicted molar refractivity (Wildman–Crippen MR) is 119 cm³/mol. The van der Waals surface area contributed by atoms with Crippen LogP contribution in [0.15, 0.2) is 97.1 Å². The highest BCUT2D eigenvalue weighted by atomic mass is 16.5. The molecule has 5 rings (SSSR count). The first-order chi connectivity index (χ1) is 14.3. The van der Waals surface area contributed by atoms with E-state index in [1.165, 1.54) is 10.8 Å². The van der Waals surface area contributed by atoms with Crippen LogP contribution in [0.25, 0.3) is 44.7 Å². The zero-order valence-corrected chi connectivity index (χ0v) is 16.1. The van der Waals surface area contributed by atoms with Crippen LogP contribution in [0.4, 0.5) is 0 Å². The van der Waals surface area contributed by atoms with Crippen LogP contribution < -0.4 is 4.74 Å². The highest BCUT2D eigenvalue weighted by Gasteiger charge is 2.15. The number of benzene rings is 4. The maximum absolute atomic E-state index is 5.28. The summed E-state index contributed by atoms with van der Waals surface area (Å²) in [6, 6.07) is 33.2. The Kier molecular flexibility index (Phi) is 4.34. The first kappa shape index (κ1) is 17.3. The molecule has 5 aromatic rings. The molecule has 1 N–H and O–H groups in total. The Labute approximate surface area is 169 Å². The number of methoxy groups -OCH3 is 1. The van der Waals surface area contributed by atoms with E-state index in [2.05, 4.69) is 59.6 Å². The molecule has 0 aliphatic heterocycles. The van der Waals surface area contributed by atoms with E-state index in [4.69, 9.17) is 9.72 Å². The van der Waals surface area contributed by atoms with E-state index in [0.29, 0.717) is 0 Å². The first-order valence-corrected chi connectivity index (χ1v) is 9.61. The van der Waals surface area contributed by atoms with Crippen molar-refractivity contribution in [3.63, 3.8) is 0 Å². The Morgan fingerprint density at radius 3 is 2.10 bits per heavy atom. The van der Waals surface area contributed by atoms with E-state index < -0.39 is 0 Å². The third-order valence-electron chi connectivity index (χ3n) is 5.15. The van der Waals surface area contributed by atoms with Gasteiger partial charge in [0.15, 0.2) is 0 Å². The van der Waals surface area contributed by atoms with Crippen LogP contribution in [-0.2, 0) is 0 Å². The molecule has 0 fully saturated rings. The highest BCUT2D eigenvalue weighted by Crippen LogP contribution is 2.34. The van der Waals surface area contributed by atoms with Gasteiger partial charge in [-0.15, -0.1) is 0 Å². The topological polar surface area (TPSA) is 37.9 Å². The second-order valence-electron chi connectivity index (χ2n) is 6.97. The van der Waals surface area contributed by atoms with Gasteiger partial charge in [-0.1, -0.05) is 66.7 Å². The zero-order valence-electron chi connectivity index (χ0n) is 16.1. The average Bonchev–Trinajstić information content (AvgIpc) is 3.25. The van der Waals surface area contributed by atoms with E-state index in [-0.39, 0.29) is 0 Å². The average molecular weight is 376 g/mol. The Bertz CT molecular complexity index is 1270. The van der Waals surface area contributed by atoms with E-state index in [0.717, 1.165) is 39.7 Å². The largest absolute Gasteiger partial charge is 0.497 e. The lowest BCUT2D eigenvalue weighted by Crippen LogP contribution is -1.84. The number of ether oxygens (including phenoxy) is 1. The minimum Gasteiger partial charge on any atom is -0.497 e. The Morgan fingerprint density at radius 2 is 1.34 bits per heavy atom. The third-order valence-corrected chi connectivity index (χ3v) is 5.15. The van der Waals surface area contributed by atoms with Crippen molar-refractivity contribution in [2.45, 2.75) is 0 Å². The van der Waals surface area contributed by atoms with Crippen LogP contribution in [0.5, 0.6) is 5.75 Å². The number of rotatable bonds is 4. The molecule has 0 spiro atoms. The van der Waals surface area contributed by atoms with Gasteiger partial charge in [-0.3, -0.25) is 0 Å².